The van der Waals surface area contributed by atoms with E-state index in [2.05, 4.69) is 5.32 Å². The van der Waals surface area contributed by atoms with Crippen LogP contribution in [-0.4, -0.2) is 34.9 Å². The lowest BCUT2D eigenvalue weighted by atomic mass is 9.93. The monoisotopic (exact) mass is 632 g/mol. The summed E-state index contributed by atoms with van der Waals surface area (Å²) in [5.74, 6) is 0.414. The third-order valence-electron chi connectivity index (χ3n) is 8.34. The average molecular weight is 633 g/mol. The maximum atomic E-state index is 13.5. The molecule has 1 aromatic heterocycles. The lowest BCUT2D eigenvalue weighted by Crippen LogP contribution is -2.48. The lowest BCUT2D eigenvalue weighted by molar-refractivity contribution is -0.384. The molecule has 46 heavy (non-hydrogen) atoms. The molecule has 4 aromatic carbocycles. The fourth-order valence-corrected chi connectivity index (χ4v) is 7.21. The molecular weight excluding hydrogens is 604 g/mol. The maximum Gasteiger partial charge on any atom is 0.291 e. The molecule has 0 radical (unpaired) electrons. The number of sulfone groups is 1. The van der Waals surface area contributed by atoms with Crippen LogP contribution >= 0.6 is 0 Å². The number of hydrogen-bond donors (Lipinski definition) is 1. The number of aliphatic imine (C=N–C) groups is 1. The van der Waals surface area contributed by atoms with Crippen LogP contribution in [0.5, 0.6) is 0 Å². The highest BCUT2D eigenvalue weighted by Gasteiger charge is 2.42. The third-order valence-corrected chi connectivity index (χ3v) is 10.1. The molecule has 1 amide bonds. The van der Waals surface area contributed by atoms with Crippen LogP contribution in [0.25, 0.3) is 5.69 Å². The number of anilines is 2. The Hall–Kier alpha value is -5.62. The average Bonchev–Trinajstić information content (AvgIpc) is 3.39. The Morgan fingerprint density at radius 2 is 1.52 bits per heavy atom. The number of carbonyl (C=O) groups is 1. The van der Waals surface area contributed by atoms with E-state index in [1.165, 1.54) is 24.3 Å². The molecule has 1 unspecified atom stereocenters. The molecule has 7 rings (SSSR count). The van der Waals surface area contributed by atoms with Gasteiger partial charge in [-0.05, 0) is 84.6 Å². The van der Waals surface area contributed by atoms with Crippen LogP contribution in [0.2, 0.25) is 0 Å². The Labute approximate surface area is 264 Å². The van der Waals surface area contributed by atoms with Crippen molar-refractivity contribution in [3.05, 3.63) is 130 Å². The summed E-state index contributed by atoms with van der Waals surface area (Å²) in [6.45, 7) is 5.94. The van der Waals surface area contributed by atoms with Crippen LogP contribution in [0.15, 0.2) is 112 Å². The highest BCUT2D eigenvalue weighted by molar-refractivity contribution is 7.91. The molecule has 0 spiro atoms. The summed E-state index contributed by atoms with van der Waals surface area (Å²) in [5, 5.41) is 19.1. The van der Waals surface area contributed by atoms with Gasteiger partial charge < -0.3 is 10.2 Å². The Morgan fingerprint density at radius 1 is 0.891 bits per heavy atom. The Kier molecular flexibility index (Phi) is 6.82. The van der Waals surface area contributed by atoms with Crippen molar-refractivity contribution in [2.75, 3.05) is 10.2 Å². The van der Waals surface area contributed by atoms with Crippen molar-refractivity contribution in [3.63, 3.8) is 0 Å². The van der Waals surface area contributed by atoms with Crippen LogP contribution in [0.3, 0.4) is 0 Å². The van der Waals surface area contributed by atoms with E-state index >= 15 is 0 Å². The number of nitro groups is 1. The molecule has 1 atom stereocenters. The Balaban J connectivity index is 1.34. The number of amides is 1. The first-order chi connectivity index (χ1) is 22.0. The summed E-state index contributed by atoms with van der Waals surface area (Å²) in [6, 6.07) is 26.3. The Morgan fingerprint density at radius 3 is 2.15 bits per heavy atom. The summed E-state index contributed by atoms with van der Waals surface area (Å²) in [5.41, 5.74) is 4.93. The first-order valence-electron chi connectivity index (χ1n) is 14.6. The first kappa shape index (κ1) is 29.1. The van der Waals surface area contributed by atoms with E-state index in [1.54, 1.807) is 47.1 Å². The molecule has 11 nitrogen and oxygen atoms in total. The van der Waals surface area contributed by atoms with Crippen molar-refractivity contribution < 1.29 is 18.1 Å². The van der Waals surface area contributed by atoms with Gasteiger partial charge in [0.1, 0.15) is 0 Å². The summed E-state index contributed by atoms with van der Waals surface area (Å²) in [7, 11) is -3.76. The number of amidine groups is 1. The summed E-state index contributed by atoms with van der Waals surface area (Å²) in [4.78, 5) is 31.4. The second-order valence-corrected chi connectivity index (χ2v) is 13.4. The number of hydrogen-bond acceptors (Lipinski definition) is 8. The van der Waals surface area contributed by atoms with E-state index < -0.39 is 26.7 Å². The summed E-state index contributed by atoms with van der Waals surface area (Å²) in [6.07, 6.45) is 0. The lowest BCUT2D eigenvalue weighted by Gasteiger charge is -2.40. The summed E-state index contributed by atoms with van der Waals surface area (Å²) >= 11 is 0. The molecule has 5 aromatic rings. The van der Waals surface area contributed by atoms with Gasteiger partial charge in [0, 0.05) is 17.7 Å². The number of carbonyl (C=O) groups excluding carboxylic acids is 1. The number of non-ortho nitro benzene ring substituents is 1. The van der Waals surface area contributed by atoms with E-state index in [0.717, 1.165) is 11.3 Å². The van der Waals surface area contributed by atoms with Crippen LogP contribution in [-0.2, 0) is 14.6 Å². The zero-order valence-electron chi connectivity index (χ0n) is 25.1. The standard InChI is InChI=1S/C34H28N6O5S/c1-20(2)22-10-16-26(17-11-22)46(44,45)27-18-14-24(15-19-27)39-32-30(21(3)37-39)31(23-8-12-25(13-9-23)40(42)43)38-29-7-5-4-6-28(29)35-34(41)33(38)36-32/h4-20,31H,1-3H3,(H,35,41). The molecule has 1 N–H and O–H groups in total. The number of nitrogens with one attached hydrogen (secondary N) is 1. The van der Waals surface area contributed by atoms with Crippen molar-refractivity contribution in [1.82, 2.24) is 9.78 Å². The van der Waals surface area contributed by atoms with Gasteiger partial charge in [0.05, 0.1) is 43.5 Å². The van der Waals surface area contributed by atoms with Gasteiger partial charge in [-0.1, -0.05) is 38.1 Å². The molecular formula is C34H28N6O5S. The SMILES string of the molecule is Cc1nn(-c2ccc(S(=O)(=O)c3ccc(C(C)C)cc3)cc2)c2c1C(c1ccc([N+](=O)[O-])cc1)N1C(=N2)C(=O)Nc2ccccc21. The number of aryl methyl sites for hydroxylation is 1. The topological polar surface area (TPSA) is 140 Å². The normalized spacial score (nSPS) is 15.5. The zero-order valence-corrected chi connectivity index (χ0v) is 25.9. The molecule has 0 saturated carbocycles. The smallest absolute Gasteiger partial charge is 0.291 e. The van der Waals surface area contributed by atoms with Gasteiger partial charge in [0.2, 0.25) is 15.7 Å². The second-order valence-electron chi connectivity index (χ2n) is 11.5. The van der Waals surface area contributed by atoms with Crippen LogP contribution in [0.1, 0.15) is 48.2 Å². The van der Waals surface area contributed by atoms with Gasteiger partial charge in [-0.3, -0.25) is 14.9 Å². The van der Waals surface area contributed by atoms with Gasteiger partial charge >= 0.3 is 0 Å². The third kappa shape index (κ3) is 4.65. The molecule has 2 aliphatic heterocycles. The molecule has 0 bridgehead atoms. The fourth-order valence-electron chi connectivity index (χ4n) is 5.95. The molecule has 0 aliphatic carbocycles. The quantitative estimate of drug-likeness (QED) is 0.164. The number of rotatable bonds is 6. The van der Waals surface area contributed by atoms with E-state index in [4.69, 9.17) is 10.1 Å². The van der Waals surface area contributed by atoms with Gasteiger partial charge in [0.15, 0.2) is 5.82 Å². The minimum Gasteiger partial charge on any atom is -0.317 e. The van der Waals surface area contributed by atoms with E-state index in [9.17, 15) is 23.3 Å². The highest BCUT2D eigenvalue weighted by Crippen LogP contribution is 2.47. The number of benzene rings is 4. The number of fused-ring (bicyclic) bond motifs is 4. The number of para-hydroxylation sites is 2. The minimum absolute atomic E-state index is 0.0521. The predicted molar refractivity (Wildman–Crippen MR) is 174 cm³/mol. The number of nitro benzene ring substituents is 1. The minimum atomic E-state index is -3.76. The van der Waals surface area contributed by atoms with Crippen molar-refractivity contribution in [2.24, 2.45) is 4.99 Å². The van der Waals surface area contributed by atoms with Gasteiger partial charge in [-0.25, -0.2) is 18.1 Å². The van der Waals surface area contributed by atoms with Gasteiger partial charge in [-0.2, -0.15) is 5.10 Å². The molecule has 12 heteroatoms. The van der Waals surface area contributed by atoms with Crippen molar-refractivity contribution >= 4 is 44.5 Å². The largest absolute Gasteiger partial charge is 0.317 e. The van der Waals surface area contributed by atoms with E-state index in [0.29, 0.717) is 34.0 Å². The molecule has 2 aliphatic rings. The van der Waals surface area contributed by atoms with Crippen molar-refractivity contribution in [1.29, 1.82) is 0 Å². The fraction of sp³-hybridized carbons (Fsp3) is 0.147. The highest BCUT2D eigenvalue weighted by atomic mass is 32.2. The van der Waals surface area contributed by atoms with Crippen molar-refractivity contribution in [3.8, 4) is 5.69 Å². The van der Waals surface area contributed by atoms with Crippen LogP contribution in [0, 0.1) is 17.0 Å². The number of aromatic nitrogens is 2. The molecule has 3 heterocycles. The van der Waals surface area contributed by atoms with Crippen LogP contribution in [0.4, 0.5) is 22.9 Å². The van der Waals surface area contributed by atoms with Crippen LogP contribution < -0.4 is 10.2 Å². The zero-order chi connectivity index (χ0) is 32.3. The van der Waals surface area contributed by atoms with Gasteiger partial charge in [-0.15, -0.1) is 0 Å². The van der Waals surface area contributed by atoms with Gasteiger partial charge in [0.25, 0.3) is 11.6 Å². The summed E-state index contributed by atoms with van der Waals surface area (Å²) < 4.78 is 28.4. The van der Waals surface area contributed by atoms with E-state index in [-0.39, 0.29) is 27.2 Å². The molecule has 0 fully saturated rings. The predicted octanol–water partition coefficient (Wildman–Crippen LogP) is 6.64. The molecule has 0 saturated heterocycles. The first-order valence-corrected chi connectivity index (χ1v) is 16.1. The number of nitrogens with zero attached hydrogens (tertiary/aromatic N) is 5. The second kappa shape index (κ2) is 10.8. The molecule has 230 valence electrons. The van der Waals surface area contributed by atoms with E-state index in [1.807, 2.05) is 56.0 Å². The Bertz CT molecular complexity index is 2170. The van der Waals surface area contributed by atoms with Crippen molar-refractivity contribution in [2.45, 2.75) is 42.5 Å². The maximum absolute atomic E-state index is 13.5.